The van der Waals surface area contributed by atoms with Gasteiger partial charge in [0.25, 0.3) is 0 Å². The third kappa shape index (κ3) is 5.52. The Morgan fingerprint density at radius 3 is 2.34 bits per heavy atom. The van der Waals surface area contributed by atoms with Gasteiger partial charge in [0, 0.05) is 23.7 Å². The smallest absolute Gasteiger partial charge is 0.415 e. The second-order valence-corrected chi connectivity index (χ2v) is 10.5. The maximum Gasteiger partial charge on any atom is 0.415 e. The quantitative estimate of drug-likeness (QED) is 0.278. The first-order valence-electron chi connectivity index (χ1n) is 12.0. The summed E-state index contributed by atoms with van der Waals surface area (Å²) in [5.74, 6) is 0.415. The van der Waals surface area contributed by atoms with Gasteiger partial charge in [-0.2, -0.15) is 0 Å². The molecule has 2 bridgehead atoms. The maximum absolute atomic E-state index is 14.7. The highest BCUT2D eigenvalue weighted by atomic mass is 32.2. The standard InChI is InChI=1S/C28H29F2N2O2S/c29-23-12-10-21(11-13-23)18-31(26-9-5-4-8-25(26)30)28(33)34-27-19-32(16-14-22(27)15-17-32)20-35-24-6-2-1-3-7-24/h1-13,22,27H,14-20H2/q+1/t22?,27-,32?/m0/s1. The highest BCUT2D eigenvalue weighted by molar-refractivity contribution is 7.99. The predicted octanol–water partition coefficient (Wildman–Crippen LogP) is 6.47. The number of hydrogen-bond donors (Lipinski definition) is 0. The summed E-state index contributed by atoms with van der Waals surface area (Å²) in [6, 6.07) is 22.4. The molecule has 4 nitrogen and oxygen atoms in total. The number of piperidine rings is 3. The lowest BCUT2D eigenvalue weighted by molar-refractivity contribution is -0.934. The van der Waals surface area contributed by atoms with Crippen LogP contribution in [0, 0.1) is 17.6 Å². The molecule has 35 heavy (non-hydrogen) atoms. The summed E-state index contributed by atoms with van der Waals surface area (Å²) in [6.45, 7) is 3.05. The van der Waals surface area contributed by atoms with Crippen LogP contribution in [0.3, 0.4) is 0 Å². The molecule has 3 aliphatic heterocycles. The van der Waals surface area contributed by atoms with Crippen LogP contribution in [0.1, 0.15) is 18.4 Å². The van der Waals surface area contributed by atoms with E-state index in [1.807, 2.05) is 30.0 Å². The van der Waals surface area contributed by atoms with E-state index in [1.54, 1.807) is 30.3 Å². The van der Waals surface area contributed by atoms with Crippen molar-refractivity contribution in [3.63, 3.8) is 0 Å². The minimum Gasteiger partial charge on any atom is -0.440 e. The summed E-state index contributed by atoms with van der Waals surface area (Å²) in [7, 11) is 0. The fraction of sp³-hybridized carbons (Fsp3) is 0.321. The van der Waals surface area contributed by atoms with Crippen molar-refractivity contribution >= 4 is 23.5 Å². The third-order valence-electron chi connectivity index (χ3n) is 7.16. The molecule has 0 N–H and O–H groups in total. The number of thioether (sulfide) groups is 1. The van der Waals surface area contributed by atoms with Crippen molar-refractivity contribution in [2.45, 2.75) is 30.4 Å². The molecular formula is C28H29F2N2O2S+. The molecule has 0 aliphatic carbocycles. The number of fused-ring (bicyclic) bond motifs is 3. The summed E-state index contributed by atoms with van der Waals surface area (Å²) in [5.41, 5.74) is 0.856. The number of carbonyl (C=O) groups excluding carboxylic acids is 1. The van der Waals surface area contributed by atoms with Gasteiger partial charge in [0.15, 0.2) is 6.10 Å². The van der Waals surface area contributed by atoms with Gasteiger partial charge >= 0.3 is 6.09 Å². The van der Waals surface area contributed by atoms with Crippen molar-refractivity contribution in [2.24, 2.45) is 5.92 Å². The number of rotatable bonds is 7. The van der Waals surface area contributed by atoms with E-state index in [2.05, 4.69) is 12.1 Å². The zero-order valence-electron chi connectivity index (χ0n) is 19.5. The molecular weight excluding hydrogens is 466 g/mol. The highest BCUT2D eigenvalue weighted by Crippen LogP contribution is 2.38. The van der Waals surface area contributed by atoms with Crippen LogP contribution >= 0.6 is 11.8 Å². The van der Waals surface area contributed by atoms with Crippen molar-refractivity contribution in [1.82, 2.24) is 0 Å². The van der Waals surface area contributed by atoms with Crippen LogP contribution in [0.25, 0.3) is 0 Å². The fourth-order valence-corrected chi connectivity index (χ4v) is 6.28. The number of quaternary nitrogens is 1. The van der Waals surface area contributed by atoms with E-state index in [0.717, 1.165) is 42.8 Å². The largest absolute Gasteiger partial charge is 0.440 e. The first-order valence-corrected chi connectivity index (χ1v) is 13.0. The Morgan fingerprint density at radius 1 is 0.943 bits per heavy atom. The lowest BCUT2D eigenvalue weighted by Gasteiger charge is -2.51. The van der Waals surface area contributed by atoms with Crippen LogP contribution < -0.4 is 4.90 Å². The molecule has 182 valence electrons. The van der Waals surface area contributed by atoms with Crippen molar-refractivity contribution in [1.29, 1.82) is 0 Å². The SMILES string of the molecule is O=C(O[C@H]1C[N+]2(CSc3ccccc3)CCC1CC2)N(Cc1ccc(F)cc1)c1ccccc1F. The van der Waals surface area contributed by atoms with Crippen molar-refractivity contribution in [3.8, 4) is 0 Å². The molecule has 1 amide bonds. The summed E-state index contributed by atoms with van der Waals surface area (Å²) >= 11 is 1.85. The van der Waals surface area contributed by atoms with Gasteiger partial charge in [0.1, 0.15) is 24.1 Å². The summed E-state index contributed by atoms with van der Waals surface area (Å²) in [4.78, 5) is 16.0. The zero-order chi connectivity index (χ0) is 24.3. The van der Waals surface area contributed by atoms with E-state index in [-0.39, 0.29) is 24.2 Å². The Bertz CT molecular complexity index is 1150. The number of halogens is 2. The van der Waals surface area contributed by atoms with Crippen LogP contribution in [0.4, 0.5) is 19.3 Å². The molecule has 3 aliphatic rings. The minimum absolute atomic E-state index is 0.0985. The van der Waals surface area contributed by atoms with Gasteiger partial charge in [-0.1, -0.05) is 54.2 Å². The molecule has 3 aromatic rings. The number of hydrogen-bond acceptors (Lipinski definition) is 3. The van der Waals surface area contributed by atoms with Crippen LogP contribution in [0.5, 0.6) is 0 Å². The Balaban J connectivity index is 1.31. The molecule has 0 aromatic heterocycles. The average Bonchev–Trinajstić information content (AvgIpc) is 2.89. The number of para-hydroxylation sites is 1. The van der Waals surface area contributed by atoms with Gasteiger partial charge in [0.05, 0.1) is 25.3 Å². The number of benzene rings is 3. The van der Waals surface area contributed by atoms with Gasteiger partial charge in [0.2, 0.25) is 0 Å². The number of amides is 1. The van der Waals surface area contributed by atoms with E-state index in [1.165, 1.54) is 28.0 Å². The summed E-state index contributed by atoms with van der Waals surface area (Å²) in [5, 5.41) is 0. The zero-order valence-corrected chi connectivity index (χ0v) is 20.3. The number of ether oxygens (including phenoxy) is 1. The number of carbonyl (C=O) groups is 1. The average molecular weight is 496 g/mol. The fourth-order valence-electron chi connectivity index (χ4n) is 5.15. The van der Waals surface area contributed by atoms with Crippen molar-refractivity contribution in [2.75, 3.05) is 30.4 Å². The molecule has 3 heterocycles. The van der Waals surface area contributed by atoms with Crippen LogP contribution in [0.2, 0.25) is 0 Å². The molecule has 0 spiro atoms. The normalized spacial score (nSPS) is 23.1. The predicted molar refractivity (Wildman–Crippen MR) is 134 cm³/mol. The van der Waals surface area contributed by atoms with Gasteiger partial charge in [-0.05, 0) is 42.0 Å². The van der Waals surface area contributed by atoms with Gasteiger partial charge in [-0.3, -0.25) is 4.90 Å². The van der Waals surface area contributed by atoms with Crippen LogP contribution in [-0.2, 0) is 11.3 Å². The van der Waals surface area contributed by atoms with Crippen molar-refractivity contribution < 1.29 is 22.8 Å². The lowest BCUT2D eigenvalue weighted by atomic mass is 9.84. The Hall–Kier alpha value is -2.90. The van der Waals surface area contributed by atoms with Gasteiger partial charge in [-0.15, -0.1) is 0 Å². The first kappa shape index (κ1) is 23.8. The molecule has 3 aromatic carbocycles. The molecule has 7 heteroatoms. The molecule has 0 radical (unpaired) electrons. The molecule has 1 atom stereocenters. The number of anilines is 1. The summed E-state index contributed by atoms with van der Waals surface area (Å²) < 4.78 is 35.1. The topological polar surface area (TPSA) is 29.5 Å². The lowest BCUT2D eigenvalue weighted by Crippen LogP contribution is -2.64. The molecule has 6 rings (SSSR count). The van der Waals surface area contributed by atoms with E-state index in [0.29, 0.717) is 11.5 Å². The van der Waals surface area contributed by atoms with Crippen molar-refractivity contribution in [3.05, 3.63) is 96.1 Å². The molecule has 0 saturated carbocycles. The third-order valence-corrected chi connectivity index (χ3v) is 8.44. The molecule has 3 fully saturated rings. The van der Waals surface area contributed by atoms with Gasteiger partial charge < -0.3 is 9.22 Å². The first-order chi connectivity index (χ1) is 17.0. The van der Waals surface area contributed by atoms with E-state index < -0.39 is 11.9 Å². The van der Waals surface area contributed by atoms with Gasteiger partial charge in [-0.25, -0.2) is 13.6 Å². The van der Waals surface area contributed by atoms with E-state index in [9.17, 15) is 13.6 Å². The second-order valence-electron chi connectivity index (χ2n) is 9.48. The summed E-state index contributed by atoms with van der Waals surface area (Å²) in [6.07, 6.45) is 1.27. The Kier molecular flexibility index (Phi) is 7.07. The number of nitrogens with zero attached hydrogens (tertiary/aromatic N) is 2. The molecule has 0 unspecified atom stereocenters. The van der Waals surface area contributed by atoms with Crippen LogP contribution in [0.15, 0.2) is 83.8 Å². The highest BCUT2D eigenvalue weighted by Gasteiger charge is 2.48. The second kappa shape index (κ2) is 10.4. The monoisotopic (exact) mass is 495 g/mol. The van der Waals surface area contributed by atoms with Crippen LogP contribution in [-0.4, -0.2) is 42.2 Å². The van der Waals surface area contributed by atoms with E-state index in [4.69, 9.17) is 4.74 Å². The minimum atomic E-state index is -0.563. The Morgan fingerprint density at radius 2 is 1.63 bits per heavy atom. The Labute approximate surface area is 209 Å². The molecule has 3 saturated heterocycles. The van der Waals surface area contributed by atoms with E-state index >= 15 is 0 Å². The maximum atomic E-state index is 14.7.